The minimum absolute atomic E-state index is 0.172. The number of nitrogens with zero attached hydrogens (tertiary/aromatic N) is 2. The molecule has 1 amide bonds. The normalized spacial score (nSPS) is 14.5. The van der Waals surface area contributed by atoms with Gasteiger partial charge in [0, 0.05) is 48.8 Å². The molecule has 2 aromatic carbocycles. The highest BCUT2D eigenvalue weighted by Crippen LogP contribution is 2.24. The van der Waals surface area contributed by atoms with E-state index in [-0.39, 0.29) is 18.8 Å². The van der Waals surface area contributed by atoms with E-state index < -0.39 is 23.3 Å². The molecule has 144 valence electrons. The first-order valence-electron chi connectivity index (χ1n) is 9.06. The summed E-state index contributed by atoms with van der Waals surface area (Å²) in [6.07, 6.45) is 0. The molecule has 1 N–H and O–H groups in total. The zero-order valence-electron chi connectivity index (χ0n) is 15.3. The SMILES string of the molecule is Cc1[nH]c2ccccc2c1C(=O)C(=O)N1CCN(c2cc(F)ccc2F)CC1. The summed E-state index contributed by atoms with van der Waals surface area (Å²) in [5.41, 5.74) is 2.02. The van der Waals surface area contributed by atoms with Crippen LogP contribution in [0.25, 0.3) is 10.9 Å². The van der Waals surface area contributed by atoms with Crippen LogP contribution in [0, 0.1) is 18.6 Å². The molecule has 0 bridgehead atoms. The first-order chi connectivity index (χ1) is 13.5. The number of anilines is 1. The number of H-pyrrole nitrogens is 1. The molecule has 1 saturated heterocycles. The number of carbonyl (C=O) groups excluding carboxylic acids is 2. The number of ketones is 1. The maximum absolute atomic E-state index is 14.0. The number of hydrogen-bond donors (Lipinski definition) is 1. The summed E-state index contributed by atoms with van der Waals surface area (Å²) in [7, 11) is 0. The Labute approximate surface area is 160 Å². The predicted molar refractivity (Wildman–Crippen MR) is 103 cm³/mol. The number of amides is 1. The van der Waals surface area contributed by atoms with Crippen molar-refractivity contribution < 1.29 is 18.4 Å². The van der Waals surface area contributed by atoms with E-state index in [1.54, 1.807) is 11.8 Å². The Kier molecular flexibility index (Phi) is 4.58. The summed E-state index contributed by atoms with van der Waals surface area (Å²) in [5, 5.41) is 0.721. The Morgan fingerprint density at radius 1 is 1.00 bits per heavy atom. The third-order valence-corrected chi connectivity index (χ3v) is 5.13. The Morgan fingerprint density at radius 3 is 2.46 bits per heavy atom. The molecule has 3 aromatic rings. The van der Waals surface area contributed by atoms with Crippen molar-refractivity contribution in [2.24, 2.45) is 0 Å². The van der Waals surface area contributed by atoms with Crippen molar-refractivity contribution in [1.29, 1.82) is 0 Å². The molecule has 7 heteroatoms. The first kappa shape index (κ1) is 18.2. The summed E-state index contributed by atoms with van der Waals surface area (Å²) in [6.45, 7) is 2.95. The van der Waals surface area contributed by atoms with Crippen LogP contribution in [0.1, 0.15) is 16.1 Å². The number of piperazine rings is 1. The zero-order chi connectivity index (χ0) is 19.8. The van der Waals surface area contributed by atoms with Gasteiger partial charge in [-0.2, -0.15) is 0 Å². The van der Waals surface area contributed by atoms with E-state index >= 15 is 0 Å². The van der Waals surface area contributed by atoms with E-state index in [4.69, 9.17) is 0 Å². The van der Waals surface area contributed by atoms with Crippen LogP contribution < -0.4 is 4.90 Å². The van der Waals surface area contributed by atoms with Crippen molar-refractivity contribution in [1.82, 2.24) is 9.88 Å². The number of aromatic nitrogens is 1. The second-order valence-corrected chi connectivity index (χ2v) is 6.87. The van der Waals surface area contributed by atoms with Crippen molar-refractivity contribution in [2.45, 2.75) is 6.92 Å². The molecule has 0 spiro atoms. The second kappa shape index (κ2) is 7.07. The van der Waals surface area contributed by atoms with Crippen LogP contribution in [-0.2, 0) is 4.79 Å². The van der Waals surface area contributed by atoms with Crippen molar-refractivity contribution >= 4 is 28.3 Å². The lowest BCUT2D eigenvalue weighted by Gasteiger charge is -2.35. The summed E-state index contributed by atoms with van der Waals surface area (Å²) in [6, 6.07) is 10.7. The summed E-state index contributed by atoms with van der Waals surface area (Å²) in [5.74, 6) is -2.15. The average molecular weight is 383 g/mol. The lowest BCUT2D eigenvalue weighted by Crippen LogP contribution is -2.51. The fourth-order valence-corrected chi connectivity index (χ4v) is 3.70. The summed E-state index contributed by atoms with van der Waals surface area (Å²) in [4.78, 5) is 31.9. The molecule has 0 aliphatic carbocycles. The Hall–Kier alpha value is -3.22. The molecule has 4 rings (SSSR count). The molecule has 0 atom stereocenters. The molecule has 0 unspecified atom stereocenters. The maximum atomic E-state index is 14.0. The van der Waals surface area contributed by atoms with Gasteiger partial charge in [0.25, 0.3) is 11.7 Å². The van der Waals surface area contributed by atoms with Gasteiger partial charge in [-0.15, -0.1) is 0 Å². The van der Waals surface area contributed by atoms with Gasteiger partial charge in [-0.05, 0) is 25.1 Å². The number of halogens is 2. The molecule has 2 heterocycles. The van der Waals surface area contributed by atoms with Gasteiger partial charge in [-0.3, -0.25) is 9.59 Å². The monoisotopic (exact) mass is 383 g/mol. The van der Waals surface area contributed by atoms with Crippen LogP contribution in [0.2, 0.25) is 0 Å². The molecule has 28 heavy (non-hydrogen) atoms. The first-order valence-corrected chi connectivity index (χ1v) is 9.06. The van der Waals surface area contributed by atoms with E-state index in [0.717, 1.165) is 29.1 Å². The third-order valence-electron chi connectivity index (χ3n) is 5.13. The molecule has 1 aliphatic rings. The molecule has 1 aliphatic heterocycles. The molecule has 0 radical (unpaired) electrons. The molecule has 1 aromatic heterocycles. The van der Waals surface area contributed by atoms with Gasteiger partial charge in [-0.1, -0.05) is 18.2 Å². The van der Waals surface area contributed by atoms with E-state index in [1.165, 1.54) is 4.90 Å². The van der Waals surface area contributed by atoms with Crippen molar-refractivity contribution in [2.75, 3.05) is 31.1 Å². The highest BCUT2D eigenvalue weighted by molar-refractivity contribution is 6.45. The van der Waals surface area contributed by atoms with Crippen LogP contribution in [0.4, 0.5) is 14.5 Å². The largest absolute Gasteiger partial charge is 0.366 e. The number of nitrogens with one attached hydrogen (secondary N) is 1. The fourth-order valence-electron chi connectivity index (χ4n) is 3.70. The smallest absolute Gasteiger partial charge is 0.295 e. The van der Waals surface area contributed by atoms with E-state index in [1.807, 2.05) is 24.3 Å². The van der Waals surface area contributed by atoms with Gasteiger partial charge in [-0.25, -0.2) is 8.78 Å². The van der Waals surface area contributed by atoms with Gasteiger partial charge in [0.1, 0.15) is 11.6 Å². The number of aryl methyl sites for hydroxylation is 1. The molecular weight excluding hydrogens is 364 g/mol. The third kappa shape index (κ3) is 3.13. The highest BCUT2D eigenvalue weighted by Gasteiger charge is 2.30. The van der Waals surface area contributed by atoms with Gasteiger partial charge in [0.05, 0.1) is 11.3 Å². The Morgan fingerprint density at radius 2 is 1.71 bits per heavy atom. The quantitative estimate of drug-likeness (QED) is 0.558. The van der Waals surface area contributed by atoms with Crippen molar-refractivity contribution in [3.05, 3.63) is 65.4 Å². The summed E-state index contributed by atoms with van der Waals surface area (Å²) >= 11 is 0. The number of hydrogen-bond acceptors (Lipinski definition) is 3. The second-order valence-electron chi connectivity index (χ2n) is 6.87. The Balaban J connectivity index is 1.50. The van der Waals surface area contributed by atoms with E-state index in [0.29, 0.717) is 24.3 Å². The molecule has 1 fully saturated rings. The zero-order valence-corrected chi connectivity index (χ0v) is 15.3. The fraction of sp³-hybridized carbons (Fsp3) is 0.238. The van der Waals surface area contributed by atoms with Crippen LogP contribution in [0.15, 0.2) is 42.5 Å². The lowest BCUT2D eigenvalue weighted by atomic mass is 10.1. The average Bonchev–Trinajstić information content (AvgIpc) is 3.04. The van der Waals surface area contributed by atoms with Crippen molar-refractivity contribution in [3.63, 3.8) is 0 Å². The maximum Gasteiger partial charge on any atom is 0.295 e. The number of aromatic amines is 1. The molecule has 0 saturated carbocycles. The van der Waals surface area contributed by atoms with Crippen LogP contribution in [0.5, 0.6) is 0 Å². The predicted octanol–water partition coefficient (Wildman–Crippen LogP) is 3.29. The lowest BCUT2D eigenvalue weighted by molar-refractivity contribution is -0.126. The van der Waals surface area contributed by atoms with Gasteiger partial charge in [0.2, 0.25) is 0 Å². The standard InChI is InChI=1S/C21H19F2N3O2/c1-13-19(15-4-2-3-5-17(15)24-13)20(27)21(28)26-10-8-25(9-11-26)18-12-14(22)6-7-16(18)23/h2-7,12,24H,8-11H2,1H3. The van der Waals surface area contributed by atoms with Crippen LogP contribution in [0.3, 0.4) is 0 Å². The number of carbonyl (C=O) groups is 2. The number of para-hydroxylation sites is 1. The number of fused-ring (bicyclic) bond motifs is 1. The summed E-state index contributed by atoms with van der Waals surface area (Å²) < 4.78 is 27.4. The molecular formula is C21H19F2N3O2. The van der Waals surface area contributed by atoms with Gasteiger partial charge < -0.3 is 14.8 Å². The van der Waals surface area contributed by atoms with Crippen molar-refractivity contribution in [3.8, 4) is 0 Å². The minimum Gasteiger partial charge on any atom is -0.366 e. The van der Waals surface area contributed by atoms with E-state index in [2.05, 4.69) is 4.98 Å². The van der Waals surface area contributed by atoms with Gasteiger partial charge >= 0.3 is 0 Å². The van der Waals surface area contributed by atoms with Crippen LogP contribution >= 0.6 is 0 Å². The van der Waals surface area contributed by atoms with E-state index in [9.17, 15) is 18.4 Å². The van der Waals surface area contributed by atoms with Gasteiger partial charge in [0.15, 0.2) is 0 Å². The molecule has 5 nitrogen and oxygen atoms in total. The topological polar surface area (TPSA) is 56.4 Å². The number of rotatable bonds is 3. The number of Topliss-reactive ketones (excluding diaryl/α,β-unsaturated/α-hetero) is 1. The van der Waals surface area contributed by atoms with Crippen LogP contribution in [-0.4, -0.2) is 47.8 Å². The Bertz CT molecular complexity index is 1070. The highest BCUT2D eigenvalue weighted by atomic mass is 19.1. The number of benzene rings is 2. The minimum atomic E-state index is -0.577.